The van der Waals surface area contributed by atoms with Crippen molar-refractivity contribution in [2.45, 2.75) is 57.7 Å². The fourth-order valence-electron chi connectivity index (χ4n) is 4.39. The molecule has 8 heteroatoms. The van der Waals surface area contributed by atoms with Gasteiger partial charge in [0.2, 0.25) is 5.91 Å². The van der Waals surface area contributed by atoms with Crippen molar-refractivity contribution in [1.29, 1.82) is 0 Å². The van der Waals surface area contributed by atoms with E-state index in [0.717, 1.165) is 55.6 Å². The van der Waals surface area contributed by atoms with Gasteiger partial charge in [0.25, 0.3) is 0 Å². The molecule has 0 spiro atoms. The van der Waals surface area contributed by atoms with Crippen LogP contribution in [0.5, 0.6) is 0 Å². The number of benzene rings is 1. The van der Waals surface area contributed by atoms with Crippen molar-refractivity contribution in [3.8, 4) is 11.3 Å². The molecule has 0 bridgehead atoms. The minimum atomic E-state index is -0.627. The Labute approximate surface area is 173 Å². The van der Waals surface area contributed by atoms with Crippen LogP contribution in [0.25, 0.3) is 11.3 Å². The predicted molar refractivity (Wildman–Crippen MR) is 107 cm³/mol. The Kier molecular flexibility index (Phi) is 4.84. The largest absolute Gasteiger partial charge is 0.351 e. The molecule has 0 saturated heterocycles. The number of carbonyl (C=O) groups is 1. The summed E-state index contributed by atoms with van der Waals surface area (Å²) >= 11 is 0. The second-order valence-corrected chi connectivity index (χ2v) is 8.10. The molecule has 5 rings (SSSR count). The average Bonchev–Trinajstić information content (AvgIpc) is 3.30. The standard InChI is InChI=1S/C22H23F2N5O/c23-14-4-6-17(18(24)9-14)19-13-29-11-15(5-7-21(29)27-19)26-22(30)10-16-12-28-8-2-1-3-20(28)25-16/h4,6,9,12-13,15H,1-3,5,7-8,10-11H2,(H,26,30). The second-order valence-electron chi connectivity index (χ2n) is 8.10. The fraction of sp³-hybridized carbons (Fsp3) is 0.409. The van der Waals surface area contributed by atoms with Crippen LogP contribution in [0.1, 0.15) is 36.6 Å². The van der Waals surface area contributed by atoms with Crippen molar-refractivity contribution >= 4 is 5.91 Å². The van der Waals surface area contributed by atoms with Crippen LogP contribution in [0.15, 0.2) is 30.6 Å². The van der Waals surface area contributed by atoms with Crippen LogP contribution in [0.3, 0.4) is 0 Å². The third-order valence-electron chi connectivity index (χ3n) is 5.86. The van der Waals surface area contributed by atoms with Crippen molar-refractivity contribution in [2.24, 2.45) is 0 Å². The molecule has 1 atom stereocenters. The van der Waals surface area contributed by atoms with Gasteiger partial charge in [-0.05, 0) is 31.4 Å². The van der Waals surface area contributed by atoms with Crippen molar-refractivity contribution < 1.29 is 13.6 Å². The van der Waals surface area contributed by atoms with Gasteiger partial charge in [-0.15, -0.1) is 0 Å². The zero-order valence-corrected chi connectivity index (χ0v) is 16.6. The van der Waals surface area contributed by atoms with Crippen LogP contribution in [0.2, 0.25) is 0 Å². The number of aryl methyl sites for hydroxylation is 3. The van der Waals surface area contributed by atoms with Gasteiger partial charge in [0.1, 0.15) is 23.3 Å². The maximum atomic E-state index is 14.1. The summed E-state index contributed by atoms with van der Waals surface area (Å²) in [6, 6.07) is 3.49. The van der Waals surface area contributed by atoms with Gasteiger partial charge in [0.05, 0.1) is 17.8 Å². The third kappa shape index (κ3) is 3.74. The number of halogens is 2. The van der Waals surface area contributed by atoms with E-state index in [1.165, 1.54) is 12.1 Å². The lowest BCUT2D eigenvalue weighted by Crippen LogP contribution is -2.41. The van der Waals surface area contributed by atoms with E-state index in [2.05, 4.69) is 19.9 Å². The van der Waals surface area contributed by atoms with Crippen LogP contribution < -0.4 is 5.32 Å². The molecule has 0 aliphatic carbocycles. The molecule has 1 aromatic carbocycles. The van der Waals surface area contributed by atoms with E-state index in [9.17, 15) is 13.6 Å². The lowest BCUT2D eigenvalue weighted by molar-refractivity contribution is -0.121. The quantitative estimate of drug-likeness (QED) is 0.718. The molecule has 4 heterocycles. The summed E-state index contributed by atoms with van der Waals surface area (Å²) in [7, 11) is 0. The SMILES string of the molecule is O=C(Cc1cn2c(n1)CCCC2)NC1CCc2nc(-c3ccc(F)cc3F)cn2C1. The highest BCUT2D eigenvalue weighted by Crippen LogP contribution is 2.25. The number of hydrogen-bond donors (Lipinski definition) is 1. The number of hydrogen-bond acceptors (Lipinski definition) is 3. The topological polar surface area (TPSA) is 64.7 Å². The fourth-order valence-corrected chi connectivity index (χ4v) is 4.39. The van der Waals surface area contributed by atoms with E-state index >= 15 is 0 Å². The van der Waals surface area contributed by atoms with Crippen LogP contribution in [0, 0.1) is 11.6 Å². The number of carbonyl (C=O) groups excluding carboxylic acids is 1. The first-order valence-electron chi connectivity index (χ1n) is 10.4. The summed E-state index contributed by atoms with van der Waals surface area (Å²) in [5.74, 6) is 0.648. The summed E-state index contributed by atoms with van der Waals surface area (Å²) < 4.78 is 31.4. The summed E-state index contributed by atoms with van der Waals surface area (Å²) in [4.78, 5) is 21.6. The molecule has 1 amide bonds. The summed E-state index contributed by atoms with van der Waals surface area (Å²) in [6.07, 6.45) is 8.79. The highest BCUT2D eigenvalue weighted by atomic mass is 19.1. The van der Waals surface area contributed by atoms with E-state index in [1.807, 2.05) is 10.8 Å². The lowest BCUT2D eigenvalue weighted by Gasteiger charge is -2.24. The van der Waals surface area contributed by atoms with Gasteiger partial charge < -0.3 is 14.5 Å². The number of aromatic nitrogens is 4. The van der Waals surface area contributed by atoms with Gasteiger partial charge in [-0.1, -0.05) is 0 Å². The maximum Gasteiger partial charge on any atom is 0.226 e. The van der Waals surface area contributed by atoms with Crippen molar-refractivity contribution in [3.63, 3.8) is 0 Å². The third-order valence-corrected chi connectivity index (χ3v) is 5.86. The Morgan fingerprint density at radius 2 is 1.97 bits per heavy atom. The van der Waals surface area contributed by atoms with E-state index in [-0.39, 0.29) is 23.9 Å². The lowest BCUT2D eigenvalue weighted by atomic mass is 10.1. The van der Waals surface area contributed by atoms with E-state index in [0.29, 0.717) is 18.7 Å². The number of amides is 1. The Hall–Kier alpha value is -3.03. The van der Waals surface area contributed by atoms with Crippen molar-refractivity contribution in [1.82, 2.24) is 24.4 Å². The Bertz CT molecular complexity index is 1080. The van der Waals surface area contributed by atoms with E-state index in [1.54, 1.807) is 6.20 Å². The first kappa shape index (κ1) is 19.0. The number of rotatable bonds is 4. The predicted octanol–water partition coefficient (Wildman–Crippen LogP) is 3.03. The molecule has 30 heavy (non-hydrogen) atoms. The van der Waals surface area contributed by atoms with Crippen molar-refractivity contribution in [2.75, 3.05) is 0 Å². The Balaban J connectivity index is 1.24. The molecule has 3 aromatic rings. The number of fused-ring (bicyclic) bond motifs is 2. The first-order chi connectivity index (χ1) is 14.5. The normalized spacial score (nSPS) is 18.0. The zero-order chi connectivity index (χ0) is 20.7. The van der Waals surface area contributed by atoms with E-state index < -0.39 is 11.6 Å². The second kappa shape index (κ2) is 7.66. The van der Waals surface area contributed by atoms with Crippen LogP contribution in [0.4, 0.5) is 8.78 Å². The monoisotopic (exact) mass is 411 g/mol. The molecular formula is C22H23F2N5O. The number of nitrogens with zero attached hydrogens (tertiary/aromatic N) is 4. The maximum absolute atomic E-state index is 14.1. The van der Waals surface area contributed by atoms with Crippen molar-refractivity contribution in [3.05, 3.63) is 59.6 Å². The Morgan fingerprint density at radius 1 is 1.10 bits per heavy atom. The minimum absolute atomic E-state index is 0.0117. The van der Waals surface area contributed by atoms with Crippen LogP contribution in [-0.4, -0.2) is 31.1 Å². The highest BCUT2D eigenvalue weighted by molar-refractivity contribution is 5.78. The van der Waals surface area contributed by atoms with Gasteiger partial charge >= 0.3 is 0 Å². The van der Waals surface area contributed by atoms with Gasteiger partial charge in [0, 0.05) is 56.0 Å². The first-order valence-corrected chi connectivity index (χ1v) is 10.4. The minimum Gasteiger partial charge on any atom is -0.351 e. The molecule has 1 N–H and O–H groups in total. The molecule has 2 aliphatic heterocycles. The zero-order valence-electron chi connectivity index (χ0n) is 16.6. The summed E-state index contributed by atoms with van der Waals surface area (Å²) in [5.41, 5.74) is 1.58. The molecule has 0 saturated carbocycles. The summed E-state index contributed by atoms with van der Waals surface area (Å²) in [5, 5.41) is 3.10. The molecule has 2 aromatic heterocycles. The van der Waals surface area contributed by atoms with E-state index in [4.69, 9.17) is 0 Å². The van der Waals surface area contributed by atoms with Gasteiger partial charge in [-0.2, -0.15) is 0 Å². The van der Waals surface area contributed by atoms with Crippen LogP contribution in [-0.2, 0) is 37.1 Å². The average molecular weight is 411 g/mol. The van der Waals surface area contributed by atoms with Gasteiger partial charge in [0.15, 0.2) is 0 Å². The molecule has 0 radical (unpaired) electrons. The molecule has 0 fully saturated rings. The highest BCUT2D eigenvalue weighted by Gasteiger charge is 2.23. The molecule has 1 unspecified atom stereocenters. The molecule has 2 aliphatic rings. The Morgan fingerprint density at radius 3 is 2.80 bits per heavy atom. The molecule has 6 nitrogen and oxygen atoms in total. The smallest absolute Gasteiger partial charge is 0.226 e. The molecular weight excluding hydrogens is 388 g/mol. The number of imidazole rings is 2. The van der Waals surface area contributed by atoms with Crippen LogP contribution >= 0.6 is 0 Å². The van der Waals surface area contributed by atoms with Gasteiger partial charge in [-0.3, -0.25) is 4.79 Å². The molecule has 156 valence electrons. The number of nitrogens with one attached hydrogen (secondary N) is 1. The summed E-state index contributed by atoms with van der Waals surface area (Å²) in [6.45, 7) is 1.56. The van der Waals surface area contributed by atoms with Gasteiger partial charge in [-0.25, -0.2) is 18.7 Å².